The molecule has 13 heteroatoms. The fourth-order valence-electron chi connectivity index (χ4n) is 4.34. The summed E-state index contributed by atoms with van der Waals surface area (Å²) < 4.78 is 1.51. The lowest BCUT2D eigenvalue weighted by molar-refractivity contribution is -0.124. The van der Waals surface area contributed by atoms with Gasteiger partial charge in [0.2, 0.25) is 5.91 Å². The van der Waals surface area contributed by atoms with Crippen LogP contribution in [0.1, 0.15) is 64.5 Å². The van der Waals surface area contributed by atoms with E-state index in [0.29, 0.717) is 17.2 Å². The highest BCUT2D eigenvalue weighted by Crippen LogP contribution is 2.31. The van der Waals surface area contributed by atoms with Crippen LogP contribution in [0.25, 0.3) is 0 Å². The number of aromatic nitrogens is 4. The molecule has 5 N–H and O–H groups in total. The van der Waals surface area contributed by atoms with Gasteiger partial charge in [-0.2, -0.15) is 10.2 Å². The molecule has 1 aliphatic rings. The predicted octanol–water partition coefficient (Wildman–Crippen LogP) is 2.74. The van der Waals surface area contributed by atoms with Gasteiger partial charge in [-0.05, 0) is 44.1 Å². The molecule has 2 atom stereocenters. The van der Waals surface area contributed by atoms with Gasteiger partial charge >= 0.3 is 0 Å². The molecule has 2 heterocycles. The van der Waals surface area contributed by atoms with E-state index < -0.39 is 35.2 Å². The van der Waals surface area contributed by atoms with Crippen LogP contribution in [0.15, 0.2) is 28.4 Å². The number of H-pyrrole nitrogens is 1. The second-order valence-corrected chi connectivity index (χ2v) is 9.48. The first-order valence-electron chi connectivity index (χ1n) is 11.8. The van der Waals surface area contributed by atoms with Crippen LogP contribution in [0.4, 0.5) is 5.69 Å². The van der Waals surface area contributed by atoms with Crippen molar-refractivity contribution >= 4 is 40.5 Å². The third kappa shape index (κ3) is 6.36. The van der Waals surface area contributed by atoms with E-state index in [4.69, 9.17) is 22.2 Å². The monoisotopic (exact) mass is 518 g/mol. The predicted molar refractivity (Wildman–Crippen MR) is 135 cm³/mol. The maximum Gasteiger partial charge on any atom is 0.271 e. The summed E-state index contributed by atoms with van der Waals surface area (Å²) in [6.45, 7) is 5.57. The number of nitrogens with one attached hydrogen (secondary N) is 4. The molecule has 3 rings (SSSR count). The Labute approximate surface area is 213 Å². The van der Waals surface area contributed by atoms with Crippen molar-refractivity contribution in [1.82, 2.24) is 25.3 Å². The molecule has 0 radical (unpaired) electrons. The van der Waals surface area contributed by atoms with Crippen LogP contribution in [0.3, 0.4) is 0 Å². The van der Waals surface area contributed by atoms with Crippen molar-refractivity contribution < 1.29 is 14.8 Å². The van der Waals surface area contributed by atoms with Gasteiger partial charge in [0.25, 0.3) is 11.5 Å². The van der Waals surface area contributed by atoms with Gasteiger partial charge in [0, 0.05) is 11.8 Å². The molecular weight excluding hydrogens is 488 g/mol. The lowest BCUT2D eigenvalue weighted by Gasteiger charge is -2.32. The Bertz CT molecular complexity index is 1200. The van der Waals surface area contributed by atoms with E-state index in [1.165, 1.54) is 16.9 Å². The average Bonchev–Trinajstić information content (AvgIpc) is 3.33. The molecular formula is C23H31ClN8O4. The molecule has 0 saturated heterocycles. The first-order valence-corrected chi connectivity index (χ1v) is 12.2. The fraction of sp³-hybridized carbons (Fsp3) is 0.522. The maximum atomic E-state index is 13.3. The highest BCUT2D eigenvalue weighted by atomic mass is 35.5. The van der Waals surface area contributed by atoms with Crippen LogP contribution in [0.2, 0.25) is 5.15 Å². The highest BCUT2D eigenvalue weighted by molar-refractivity contribution is 6.65. The second kappa shape index (κ2) is 11.9. The third-order valence-electron chi connectivity index (χ3n) is 6.59. The zero-order valence-electron chi connectivity index (χ0n) is 20.4. The molecule has 0 bridgehead atoms. The molecule has 1 saturated carbocycles. The van der Waals surface area contributed by atoms with Crippen molar-refractivity contribution in [3.63, 3.8) is 0 Å². The summed E-state index contributed by atoms with van der Waals surface area (Å²) in [7, 11) is 0. The topological polar surface area (TPSA) is 178 Å². The Balaban J connectivity index is 1.78. The quantitative estimate of drug-likeness (QED) is 0.193. The average molecular weight is 519 g/mol. The summed E-state index contributed by atoms with van der Waals surface area (Å²) >= 11 is 5.90. The Morgan fingerprint density at radius 1 is 1.36 bits per heavy atom. The number of anilines is 1. The molecule has 1 unspecified atom stereocenters. The zero-order chi connectivity index (χ0) is 26.4. The number of nitrogens with zero attached hydrogens (tertiary/aromatic N) is 4. The van der Waals surface area contributed by atoms with Crippen LogP contribution in [-0.2, 0) is 9.59 Å². The molecule has 0 aromatic carbocycles. The van der Waals surface area contributed by atoms with Crippen LogP contribution in [0, 0.1) is 17.2 Å². The van der Waals surface area contributed by atoms with Crippen molar-refractivity contribution in [3.8, 4) is 0 Å². The summed E-state index contributed by atoms with van der Waals surface area (Å²) in [4.78, 5) is 38.2. The molecule has 1 aliphatic carbocycles. The van der Waals surface area contributed by atoms with Gasteiger partial charge in [-0.1, -0.05) is 43.4 Å². The number of hydrogen-bond donors (Lipinski definition) is 5. The molecule has 0 aliphatic heterocycles. The number of hydrogen-bond acceptors (Lipinski definition) is 8. The Hall–Kier alpha value is -3.54. The SMILES string of the molecule is CC/C(=N/O)C(=N)C(=O)N[C@H](C(=O)Nc1cnn(C(C)c2cc(Cl)n[nH]c2=O)c1)[C@H]1CC[C@H](C)CC1. The molecule has 2 aromatic heterocycles. The van der Waals surface area contributed by atoms with E-state index in [9.17, 15) is 14.4 Å². The van der Waals surface area contributed by atoms with Gasteiger partial charge in [0.1, 0.15) is 22.6 Å². The van der Waals surface area contributed by atoms with Crippen molar-refractivity contribution in [1.29, 1.82) is 5.41 Å². The molecule has 0 spiro atoms. The summed E-state index contributed by atoms with van der Waals surface area (Å²) in [5.74, 6) is -0.787. The first kappa shape index (κ1) is 27.1. The summed E-state index contributed by atoms with van der Waals surface area (Å²) in [5, 5.41) is 36.0. The number of carbonyl (C=O) groups excluding carboxylic acids is 2. The van der Waals surface area contributed by atoms with Gasteiger partial charge in [-0.3, -0.25) is 24.5 Å². The molecule has 2 aromatic rings. The largest absolute Gasteiger partial charge is 0.411 e. The summed E-state index contributed by atoms with van der Waals surface area (Å²) in [6, 6.07) is 0.0845. The van der Waals surface area contributed by atoms with E-state index >= 15 is 0 Å². The Morgan fingerprint density at radius 3 is 2.69 bits per heavy atom. The van der Waals surface area contributed by atoms with E-state index in [2.05, 4.69) is 38.0 Å². The van der Waals surface area contributed by atoms with Crippen molar-refractivity contribution in [2.75, 3.05) is 5.32 Å². The molecule has 12 nitrogen and oxygen atoms in total. The molecule has 36 heavy (non-hydrogen) atoms. The van der Waals surface area contributed by atoms with E-state index in [1.54, 1.807) is 20.0 Å². The Morgan fingerprint density at radius 2 is 2.06 bits per heavy atom. The smallest absolute Gasteiger partial charge is 0.271 e. The minimum atomic E-state index is -0.884. The lowest BCUT2D eigenvalue weighted by atomic mass is 9.79. The molecule has 2 amide bonds. The number of halogens is 1. The summed E-state index contributed by atoms with van der Waals surface area (Å²) in [5.41, 5.74) is -0.209. The molecule has 194 valence electrons. The number of rotatable bonds is 9. The minimum absolute atomic E-state index is 0.0645. The van der Waals surface area contributed by atoms with E-state index in [1.807, 2.05) is 0 Å². The lowest BCUT2D eigenvalue weighted by Crippen LogP contribution is -2.52. The first-order chi connectivity index (χ1) is 17.1. The number of carbonyl (C=O) groups is 2. The van der Waals surface area contributed by atoms with Crippen LogP contribution < -0.4 is 16.2 Å². The van der Waals surface area contributed by atoms with E-state index in [0.717, 1.165) is 25.7 Å². The van der Waals surface area contributed by atoms with Crippen LogP contribution >= 0.6 is 11.6 Å². The number of amides is 2. The summed E-state index contributed by atoms with van der Waals surface area (Å²) in [6.07, 6.45) is 6.59. The maximum absolute atomic E-state index is 13.3. The zero-order valence-corrected chi connectivity index (χ0v) is 21.2. The fourth-order valence-corrected chi connectivity index (χ4v) is 4.50. The van der Waals surface area contributed by atoms with Crippen LogP contribution in [0.5, 0.6) is 0 Å². The van der Waals surface area contributed by atoms with Gasteiger partial charge in [0.05, 0.1) is 17.9 Å². The van der Waals surface area contributed by atoms with Crippen molar-refractivity contribution in [2.24, 2.45) is 17.0 Å². The van der Waals surface area contributed by atoms with Crippen LogP contribution in [-0.4, -0.2) is 54.5 Å². The third-order valence-corrected chi connectivity index (χ3v) is 6.78. The van der Waals surface area contributed by atoms with Gasteiger partial charge in [-0.15, -0.1) is 0 Å². The second-order valence-electron chi connectivity index (χ2n) is 9.10. The van der Waals surface area contributed by atoms with Gasteiger partial charge in [0.15, 0.2) is 0 Å². The number of aromatic amines is 1. The normalized spacial score (nSPS) is 19.8. The van der Waals surface area contributed by atoms with Crippen molar-refractivity contribution in [3.05, 3.63) is 39.5 Å². The van der Waals surface area contributed by atoms with E-state index in [-0.39, 0.29) is 23.2 Å². The highest BCUT2D eigenvalue weighted by Gasteiger charge is 2.34. The van der Waals surface area contributed by atoms with Gasteiger partial charge < -0.3 is 15.8 Å². The molecule has 1 fully saturated rings. The Kier molecular flexibility index (Phi) is 8.97. The minimum Gasteiger partial charge on any atom is -0.411 e. The number of oxime groups is 1. The van der Waals surface area contributed by atoms with Crippen molar-refractivity contribution in [2.45, 2.75) is 65.0 Å². The van der Waals surface area contributed by atoms with Gasteiger partial charge in [-0.25, -0.2) is 5.10 Å². The standard InChI is InChI=1S/C23H31ClN8O4/c1-4-17(31-36)19(25)22(34)28-20(14-7-5-12(2)6-8-14)23(35)27-15-10-26-32(11-15)13(3)16-9-18(24)29-30-21(16)33/h9-14,20,25,36H,4-8H2,1-3H3,(H,27,35)(H,28,34)(H,30,33)/b25-19?,31-17-/t12-,13?,14-,20-/m0/s1.